The van der Waals surface area contributed by atoms with Crippen LogP contribution in [-0.2, 0) is 4.79 Å². The van der Waals surface area contributed by atoms with Gasteiger partial charge in [-0.05, 0) is 36.1 Å². The Hall–Kier alpha value is -2.80. The molecular formula is C20H21NO3. The van der Waals surface area contributed by atoms with Crippen LogP contribution in [0.1, 0.15) is 32.1 Å². The fourth-order valence-electron chi connectivity index (χ4n) is 2.39. The van der Waals surface area contributed by atoms with Crippen LogP contribution in [0.2, 0.25) is 0 Å². The molecule has 0 saturated heterocycles. The first-order valence-electron chi connectivity index (χ1n) is 8.11. The molecule has 0 heterocycles. The Morgan fingerprint density at radius 1 is 0.917 bits per heavy atom. The van der Waals surface area contributed by atoms with Gasteiger partial charge in [0.25, 0.3) is 0 Å². The molecule has 124 valence electrons. The first-order chi connectivity index (χ1) is 11.7. The number of rotatable bonds is 9. The Morgan fingerprint density at radius 2 is 1.50 bits per heavy atom. The van der Waals surface area contributed by atoms with Crippen molar-refractivity contribution in [1.29, 1.82) is 0 Å². The lowest BCUT2D eigenvalue weighted by molar-refractivity contribution is -0.137. The van der Waals surface area contributed by atoms with Crippen molar-refractivity contribution in [2.75, 3.05) is 6.61 Å². The molecule has 2 aromatic rings. The fraction of sp³-hybridized carbons (Fsp3) is 0.300. The monoisotopic (exact) mass is 323 g/mol. The molecule has 4 nitrogen and oxygen atoms in total. The van der Waals surface area contributed by atoms with Crippen LogP contribution >= 0.6 is 0 Å². The van der Waals surface area contributed by atoms with Gasteiger partial charge in [-0.15, -0.1) is 0 Å². The third kappa shape index (κ3) is 5.77. The van der Waals surface area contributed by atoms with Crippen molar-refractivity contribution in [1.82, 2.24) is 0 Å². The minimum atomic E-state index is -0.727. The molecule has 24 heavy (non-hydrogen) atoms. The Labute approximate surface area is 142 Å². The van der Waals surface area contributed by atoms with E-state index in [1.165, 1.54) is 0 Å². The van der Waals surface area contributed by atoms with Crippen LogP contribution < -0.4 is 4.74 Å². The molecule has 0 amide bonds. The molecule has 2 aromatic carbocycles. The van der Waals surface area contributed by atoms with Crippen LogP contribution in [-0.4, -0.2) is 17.7 Å². The second-order valence-corrected chi connectivity index (χ2v) is 5.59. The van der Waals surface area contributed by atoms with Gasteiger partial charge in [0.05, 0.1) is 13.2 Å². The maximum absolute atomic E-state index is 10.4. The molecule has 0 bridgehead atoms. The van der Waals surface area contributed by atoms with E-state index in [4.69, 9.17) is 16.4 Å². The first-order valence-corrected chi connectivity index (χ1v) is 8.11. The molecule has 4 heteroatoms. The SMILES string of the molecule is [C-]#[N+]c1ccc(-c2ccc(OCCCCCCC(=O)O)cc2)cc1. The molecule has 0 aliphatic rings. The van der Waals surface area contributed by atoms with Crippen LogP contribution in [0.5, 0.6) is 5.75 Å². The molecule has 0 aromatic heterocycles. The van der Waals surface area contributed by atoms with Crippen LogP contribution in [0, 0.1) is 6.57 Å². The summed E-state index contributed by atoms with van der Waals surface area (Å²) in [6.07, 6.45) is 3.82. The molecule has 0 atom stereocenters. The van der Waals surface area contributed by atoms with E-state index < -0.39 is 5.97 Å². The Balaban J connectivity index is 1.74. The number of carboxylic acids is 1. The van der Waals surface area contributed by atoms with Crippen molar-refractivity contribution in [3.8, 4) is 16.9 Å². The van der Waals surface area contributed by atoms with E-state index in [0.29, 0.717) is 12.3 Å². The molecule has 1 N–H and O–H groups in total. The van der Waals surface area contributed by atoms with Gasteiger partial charge in [0.15, 0.2) is 5.69 Å². The van der Waals surface area contributed by atoms with Gasteiger partial charge in [-0.25, -0.2) is 4.85 Å². The molecule has 0 radical (unpaired) electrons. The van der Waals surface area contributed by atoms with Gasteiger partial charge in [-0.1, -0.05) is 49.2 Å². The lowest BCUT2D eigenvalue weighted by Crippen LogP contribution is -1.98. The number of nitrogens with zero attached hydrogens (tertiary/aromatic N) is 1. The predicted molar refractivity (Wildman–Crippen MR) is 94.4 cm³/mol. The minimum absolute atomic E-state index is 0.249. The van der Waals surface area contributed by atoms with Crippen molar-refractivity contribution in [3.63, 3.8) is 0 Å². The summed E-state index contributed by atoms with van der Waals surface area (Å²) in [5.74, 6) is 0.108. The van der Waals surface area contributed by atoms with E-state index in [1.54, 1.807) is 0 Å². The number of ether oxygens (including phenoxy) is 1. The van der Waals surface area contributed by atoms with Crippen LogP contribution in [0.3, 0.4) is 0 Å². The first kappa shape index (κ1) is 17.6. The zero-order valence-corrected chi connectivity index (χ0v) is 13.6. The van der Waals surface area contributed by atoms with Gasteiger partial charge in [0.1, 0.15) is 5.75 Å². The average Bonchev–Trinajstić information content (AvgIpc) is 2.61. The third-order valence-electron chi connectivity index (χ3n) is 3.74. The number of benzene rings is 2. The molecule has 0 spiro atoms. The molecule has 2 rings (SSSR count). The van der Waals surface area contributed by atoms with E-state index >= 15 is 0 Å². The topological polar surface area (TPSA) is 50.9 Å². The second-order valence-electron chi connectivity index (χ2n) is 5.59. The molecule has 0 aliphatic carbocycles. The highest BCUT2D eigenvalue weighted by Gasteiger charge is 2.00. The van der Waals surface area contributed by atoms with Crippen LogP contribution in [0.15, 0.2) is 48.5 Å². The zero-order valence-electron chi connectivity index (χ0n) is 13.6. The lowest BCUT2D eigenvalue weighted by atomic mass is 10.1. The summed E-state index contributed by atoms with van der Waals surface area (Å²) in [6.45, 7) is 7.61. The van der Waals surface area contributed by atoms with E-state index in [0.717, 1.165) is 42.6 Å². The standard InChI is InChI=1S/C20H21NO3/c1-21-18-11-7-16(8-12-18)17-9-13-19(14-10-17)24-15-5-3-2-4-6-20(22)23/h7-14H,2-6,15H2,(H,22,23). The number of carboxylic acid groups (broad SMARTS) is 1. The molecule has 0 unspecified atom stereocenters. The van der Waals surface area contributed by atoms with Gasteiger partial charge < -0.3 is 9.84 Å². The van der Waals surface area contributed by atoms with E-state index in [-0.39, 0.29) is 6.42 Å². The quantitative estimate of drug-likeness (QED) is 0.502. The van der Waals surface area contributed by atoms with Gasteiger partial charge >= 0.3 is 5.97 Å². The highest BCUT2D eigenvalue weighted by molar-refractivity contribution is 5.67. The summed E-state index contributed by atoms with van der Waals surface area (Å²) < 4.78 is 5.70. The number of hydrogen-bond donors (Lipinski definition) is 1. The minimum Gasteiger partial charge on any atom is -0.494 e. The fourth-order valence-corrected chi connectivity index (χ4v) is 2.39. The number of unbranched alkanes of at least 4 members (excludes halogenated alkanes) is 3. The normalized spacial score (nSPS) is 10.1. The summed E-state index contributed by atoms with van der Waals surface area (Å²) in [4.78, 5) is 13.8. The van der Waals surface area contributed by atoms with Crippen molar-refractivity contribution in [3.05, 3.63) is 59.9 Å². The van der Waals surface area contributed by atoms with Crippen molar-refractivity contribution < 1.29 is 14.6 Å². The highest BCUT2D eigenvalue weighted by Crippen LogP contribution is 2.24. The number of aliphatic carboxylic acids is 1. The van der Waals surface area contributed by atoms with E-state index in [9.17, 15) is 4.79 Å². The number of hydrogen-bond acceptors (Lipinski definition) is 2. The Kier molecular flexibility index (Phi) is 6.85. The highest BCUT2D eigenvalue weighted by atomic mass is 16.5. The largest absolute Gasteiger partial charge is 0.494 e. The second kappa shape index (κ2) is 9.36. The average molecular weight is 323 g/mol. The van der Waals surface area contributed by atoms with Crippen LogP contribution in [0.4, 0.5) is 5.69 Å². The summed E-state index contributed by atoms with van der Waals surface area (Å²) in [5, 5.41) is 8.56. The lowest BCUT2D eigenvalue weighted by Gasteiger charge is -2.07. The van der Waals surface area contributed by atoms with Crippen LogP contribution in [0.25, 0.3) is 16.0 Å². The molecule has 0 aliphatic heterocycles. The summed E-state index contributed by atoms with van der Waals surface area (Å²) in [5.41, 5.74) is 2.81. The molecule has 0 fully saturated rings. The van der Waals surface area contributed by atoms with Gasteiger partial charge in [0.2, 0.25) is 0 Å². The summed E-state index contributed by atoms with van der Waals surface area (Å²) in [7, 11) is 0. The van der Waals surface area contributed by atoms with Crippen molar-refractivity contribution in [2.45, 2.75) is 32.1 Å². The molecule has 0 saturated carbocycles. The third-order valence-corrected chi connectivity index (χ3v) is 3.74. The Bertz CT molecular complexity index is 684. The Morgan fingerprint density at radius 3 is 2.08 bits per heavy atom. The van der Waals surface area contributed by atoms with Crippen molar-refractivity contribution >= 4 is 11.7 Å². The van der Waals surface area contributed by atoms with Crippen molar-refractivity contribution in [2.24, 2.45) is 0 Å². The summed E-state index contributed by atoms with van der Waals surface area (Å²) in [6, 6.07) is 15.4. The zero-order chi connectivity index (χ0) is 17.2. The maximum atomic E-state index is 10.4. The van der Waals surface area contributed by atoms with Gasteiger partial charge in [-0.3, -0.25) is 4.79 Å². The predicted octanol–water partition coefficient (Wildman–Crippen LogP) is 5.32. The summed E-state index contributed by atoms with van der Waals surface area (Å²) >= 11 is 0. The smallest absolute Gasteiger partial charge is 0.303 e. The van der Waals surface area contributed by atoms with E-state index in [2.05, 4.69) is 4.85 Å². The molecular weight excluding hydrogens is 302 g/mol. The van der Waals surface area contributed by atoms with Gasteiger partial charge in [-0.2, -0.15) is 0 Å². The van der Waals surface area contributed by atoms with Gasteiger partial charge in [0, 0.05) is 6.42 Å². The number of carbonyl (C=O) groups is 1. The maximum Gasteiger partial charge on any atom is 0.303 e. The van der Waals surface area contributed by atoms with E-state index in [1.807, 2.05) is 48.5 Å².